The van der Waals surface area contributed by atoms with Crippen LogP contribution in [0.1, 0.15) is 29.3 Å². The van der Waals surface area contributed by atoms with Gasteiger partial charge in [-0.15, -0.1) is 11.6 Å². The smallest absolute Gasteiger partial charge is 0.254 e. The molecule has 0 bridgehead atoms. The molecule has 0 heterocycles. The fraction of sp³-hybridized carbons (Fsp3) is 0.429. The molecule has 2 amide bonds. The Bertz CT molecular complexity index is 432. The van der Waals surface area contributed by atoms with Crippen LogP contribution in [0, 0.1) is 0 Å². The first kappa shape index (κ1) is 15.5. The molecule has 0 saturated carbocycles. The monoisotopic (exact) mass is 282 g/mol. The third-order valence-electron chi connectivity index (χ3n) is 2.75. The Morgan fingerprint density at radius 2 is 1.89 bits per heavy atom. The molecular formula is C14H19ClN2O2. The van der Waals surface area contributed by atoms with Gasteiger partial charge in [0.2, 0.25) is 5.91 Å². The second-order valence-corrected chi connectivity index (χ2v) is 4.50. The number of nitrogens with one attached hydrogen (secondary N) is 1. The van der Waals surface area contributed by atoms with Crippen molar-refractivity contribution in [3.05, 3.63) is 35.4 Å². The number of amides is 2. The number of halogens is 1. The molecule has 0 spiro atoms. The lowest BCUT2D eigenvalue weighted by molar-refractivity contribution is -0.121. The fourth-order valence-corrected chi connectivity index (χ4v) is 1.87. The highest BCUT2D eigenvalue weighted by Crippen LogP contribution is 2.10. The minimum Gasteiger partial charge on any atom is -0.358 e. The molecule has 0 aliphatic heterocycles. The van der Waals surface area contributed by atoms with Crippen LogP contribution in [0.3, 0.4) is 0 Å². The zero-order valence-corrected chi connectivity index (χ0v) is 12.0. The number of alkyl halides is 1. The van der Waals surface area contributed by atoms with Gasteiger partial charge in [-0.1, -0.05) is 19.1 Å². The van der Waals surface area contributed by atoms with Crippen LogP contribution in [0.25, 0.3) is 0 Å². The van der Waals surface area contributed by atoms with Crippen LogP contribution in [-0.2, 0) is 10.7 Å². The summed E-state index contributed by atoms with van der Waals surface area (Å²) in [6, 6.07) is 7.13. The van der Waals surface area contributed by atoms with Crippen molar-refractivity contribution in [1.82, 2.24) is 10.2 Å². The molecule has 0 aliphatic rings. The normalized spacial score (nSPS) is 10.1. The van der Waals surface area contributed by atoms with Crippen molar-refractivity contribution in [2.24, 2.45) is 0 Å². The maximum Gasteiger partial charge on any atom is 0.254 e. The largest absolute Gasteiger partial charge is 0.358 e. The van der Waals surface area contributed by atoms with Gasteiger partial charge in [0.25, 0.3) is 5.91 Å². The maximum absolute atomic E-state index is 12.3. The lowest BCUT2D eigenvalue weighted by Crippen LogP contribution is -2.40. The summed E-state index contributed by atoms with van der Waals surface area (Å²) in [7, 11) is 1.56. The summed E-state index contributed by atoms with van der Waals surface area (Å²) >= 11 is 5.71. The summed E-state index contributed by atoms with van der Waals surface area (Å²) < 4.78 is 0. The van der Waals surface area contributed by atoms with Crippen molar-refractivity contribution < 1.29 is 9.59 Å². The van der Waals surface area contributed by atoms with Crippen LogP contribution in [0.4, 0.5) is 0 Å². The molecule has 0 atom stereocenters. The Balaban J connectivity index is 2.82. The van der Waals surface area contributed by atoms with Crippen molar-refractivity contribution in [1.29, 1.82) is 0 Å². The van der Waals surface area contributed by atoms with E-state index in [9.17, 15) is 9.59 Å². The van der Waals surface area contributed by atoms with Gasteiger partial charge < -0.3 is 10.2 Å². The number of nitrogens with zero attached hydrogens (tertiary/aromatic N) is 1. The number of carbonyl (C=O) groups excluding carboxylic acids is 2. The highest BCUT2D eigenvalue weighted by Gasteiger charge is 2.17. The summed E-state index contributed by atoms with van der Waals surface area (Å²) in [6.07, 6.45) is 0.808. The summed E-state index contributed by atoms with van der Waals surface area (Å²) in [4.78, 5) is 25.3. The van der Waals surface area contributed by atoms with Crippen molar-refractivity contribution in [2.75, 3.05) is 20.1 Å². The van der Waals surface area contributed by atoms with E-state index in [4.69, 9.17) is 11.6 Å². The van der Waals surface area contributed by atoms with E-state index in [1.165, 1.54) is 0 Å². The molecule has 1 aromatic rings. The van der Waals surface area contributed by atoms with Crippen LogP contribution < -0.4 is 5.32 Å². The van der Waals surface area contributed by atoms with Gasteiger partial charge in [-0.3, -0.25) is 9.59 Å². The summed E-state index contributed by atoms with van der Waals surface area (Å²) in [5.74, 6) is 0.122. The van der Waals surface area contributed by atoms with Gasteiger partial charge in [0.1, 0.15) is 0 Å². The van der Waals surface area contributed by atoms with Crippen molar-refractivity contribution in [3.8, 4) is 0 Å². The molecule has 1 rings (SSSR count). The average Bonchev–Trinajstić information content (AvgIpc) is 2.46. The third kappa shape index (κ3) is 4.56. The molecule has 19 heavy (non-hydrogen) atoms. The highest BCUT2D eigenvalue weighted by atomic mass is 35.5. The van der Waals surface area contributed by atoms with E-state index in [1.807, 2.05) is 19.1 Å². The molecule has 0 unspecified atom stereocenters. The maximum atomic E-state index is 12.3. The van der Waals surface area contributed by atoms with Crippen LogP contribution >= 0.6 is 11.6 Å². The number of hydrogen-bond donors (Lipinski definition) is 1. The minimum atomic E-state index is -0.167. The first-order chi connectivity index (χ1) is 9.12. The Labute approximate surface area is 118 Å². The predicted molar refractivity (Wildman–Crippen MR) is 76.3 cm³/mol. The molecule has 1 aromatic carbocycles. The van der Waals surface area contributed by atoms with Gasteiger partial charge in [0.15, 0.2) is 0 Å². The number of rotatable bonds is 6. The second-order valence-electron chi connectivity index (χ2n) is 4.23. The zero-order valence-electron chi connectivity index (χ0n) is 11.3. The molecule has 1 N–H and O–H groups in total. The Morgan fingerprint density at radius 3 is 2.37 bits per heavy atom. The third-order valence-corrected chi connectivity index (χ3v) is 3.06. The number of carbonyl (C=O) groups is 2. The molecule has 0 aliphatic carbocycles. The van der Waals surface area contributed by atoms with E-state index >= 15 is 0 Å². The molecular weight excluding hydrogens is 264 g/mol. The molecule has 5 heteroatoms. The van der Waals surface area contributed by atoms with Gasteiger partial charge in [-0.05, 0) is 24.1 Å². The first-order valence-corrected chi connectivity index (χ1v) is 6.80. The van der Waals surface area contributed by atoms with Gasteiger partial charge >= 0.3 is 0 Å². The molecule has 0 saturated heterocycles. The van der Waals surface area contributed by atoms with Crippen molar-refractivity contribution >= 4 is 23.4 Å². The van der Waals surface area contributed by atoms with E-state index < -0.39 is 0 Å². The standard InChI is InChI=1S/C14H19ClN2O2/c1-3-8-17(10-13(18)16-2)14(19)12-6-4-11(9-15)5-7-12/h4-7H,3,8-10H2,1-2H3,(H,16,18). The molecule has 0 fully saturated rings. The predicted octanol–water partition coefficient (Wildman–Crippen LogP) is 2.02. The molecule has 0 aromatic heterocycles. The topological polar surface area (TPSA) is 49.4 Å². The number of likely N-dealkylation sites (N-methyl/N-ethyl adjacent to an activating group) is 1. The van der Waals surface area contributed by atoms with Crippen LogP contribution in [0.15, 0.2) is 24.3 Å². The van der Waals surface area contributed by atoms with Gasteiger partial charge in [-0.25, -0.2) is 0 Å². The van der Waals surface area contributed by atoms with E-state index in [0.717, 1.165) is 12.0 Å². The lowest BCUT2D eigenvalue weighted by atomic mass is 10.1. The van der Waals surface area contributed by atoms with Crippen LogP contribution in [-0.4, -0.2) is 36.9 Å². The fourth-order valence-electron chi connectivity index (χ4n) is 1.69. The second kappa shape index (κ2) is 7.79. The number of benzene rings is 1. The summed E-state index contributed by atoms with van der Waals surface area (Å²) in [5, 5.41) is 2.53. The Morgan fingerprint density at radius 1 is 1.26 bits per heavy atom. The summed E-state index contributed by atoms with van der Waals surface area (Å²) in [5.41, 5.74) is 1.54. The van der Waals surface area contributed by atoms with Crippen LogP contribution in [0.5, 0.6) is 0 Å². The number of hydrogen-bond acceptors (Lipinski definition) is 2. The SMILES string of the molecule is CCCN(CC(=O)NC)C(=O)c1ccc(CCl)cc1. The van der Waals surface area contributed by atoms with E-state index in [2.05, 4.69) is 5.32 Å². The quantitative estimate of drug-likeness (QED) is 0.812. The van der Waals surface area contributed by atoms with Crippen molar-refractivity contribution in [3.63, 3.8) is 0 Å². The average molecular weight is 283 g/mol. The van der Waals surface area contributed by atoms with E-state index in [1.54, 1.807) is 24.1 Å². The molecule has 4 nitrogen and oxygen atoms in total. The zero-order chi connectivity index (χ0) is 14.3. The molecule has 104 valence electrons. The highest BCUT2D eigenvalue weighted by molar-refractivity contribution is 6.17. The van der Waals surface area contributed by atoms with Gasteiger partial charge in [-0.2, -0.15) is 0 Å². The van der Waals surface area contributed by atoms with E-state index in [0.29, 0.717) is 18.0 Å². The van der Waals surface area contributed by atoms with Gasteiger partial charge in [0.05, 0.1) is 6.54 Å². The molecule has 0 radical (unpaired) electrons. The van der Waals surface area contributed by atoms with E-state index in [-0.39, 0.29) is 18.4 Å². The lowest BCUT2D eigenvalue weighted by Gasteiger charge is -2.21. The van der Waals surface area contributed by atoms with Crippen LogP contribution in [0.2, 0.25) is 0 Å². The van der Waals surface area contributed by atoms with Gasteiger partial charge in [0, 0.05) is 25.0 Å². The minimum absolute atomic E-state index is 0.0838. The Kier molecular flexibility index (Phi) is 6.36. The first-order valence-electron chi connectivity index (χ1n) is 6.27. The summed E-state index contributed by atoms with van der Waals surface area (Å²) in [6.45, 7) is 2.62. The van der Waals surface area contributed by atoms with Crippen molar-refractivity contribution in [2.45, 2.75) is 19.2 Å². The Hall–Kier alpha value is -1.55.